The summed E-state index contributed by atoms with van der Waals surface area (Å²) in [4.78, 5) is 4.23. The van der Waals surface area contributed by atoms with Crippen molar-refractivity contribution in [1.29, 1.82) is 0 Å². The molecule has 3 rings (SSSR count). The molecule has 0 aliphatic carbocycles. The minimum absolute atomic E-state index is 0.121. The van der Waals surface area contributed by atoms with Crippen molar-refractivity contribution < 1.29 is 9.63 Å². The van der Waals surface area contributed by atoms with Gasteiger partial charge in [-0.25, -0.2) is 4.68 Å². The Labute approximate surface area is 126 Å². The van der Waals surface area contributed by atoms with Crippen molar-refractivity contribution in [3.63, 3.8) is 0 Å². The van der Waals surface area contributed by atoms with Crippen molar-refractivity contribution in [2.45, 2.75) is 26.5 Å². The molecule has 3 aromatic rings. The lowest BCUT2D eigenvalue weighted by Crippen LogP contribution is -2.02. The minimum Gasteiger partial charge on any atom is -0.390 e. The van der Waals surface area contributed by atoms with E-state index in [0.717, 1.165) is 17.8 Å². The molecule has 1 aromatic carbocycles. The Balaban J connectivity index is 1.63. The summed E-state index contributed by atoms with van der Waals surface area (Å²) < 4.78 is 6.67. The van der Waals surface area contributed by atoms with Crippen LogP contribution in [0.25, 0.3) is 5.69 Å². The fourth-order valence-electron chi connectivity index (χ4n) is 1.92. The third kappa shape index (κ3) is 3.12. The van der Waals surface area contributed by atoms with Gasteiger partial charge in [0.1, 0.15) is 5.69 Å². The molecule has 22 heavy (non-hydrogen) atoms. The fourth-order valence-corrected chi connectivity index (χ4v) is 1.92. The zero-order valence-electron chi connectivity index (χ0n) is 12.1. The van der Waals surface area contributed by atoms with Gasteiger partial charge in [0, 0.05) is 12.1 Å². The van der Waals surface area contributed by atoms with Gasteiger partial charge in [0.05, 0.1) is 25.0 Å². The lowest BCUT2D eigenvalue weighted by atomic mass is 10.3. The first-order valence-electron chi connectivity index (χ1n) is 6.96. The molecule has 114 valence electrons. The Morgan fingerprint density at radius 3 is 2.73 bits per heavy atom. The number of nitrogens with one attached hydrogen (secondary N) is 1. The van der Waals surface area contributed by atoms with Gasteiger partial charge in [-0.3, -0.25) is 0 Å². The van der Waals surface area contributed by atoms with Crippen LogP contribution in [0.4, 0.5) is 5.69 Å². The van der Waals surface area contributed by atoms with Gasteiger partial charge in [0.25, 0.3) is 0 Å². The molecule has 2 heterocycles. The third-order valence-electron chi connectivity index (χ3n) is 3.10. The van der Waals surface area contributed by atoms with Crippen LogP contribution in [-0.2, 0) is 19.6 Å². The van der Waals surface area contributed by atoms with E-state index < -0.39 is 0 Å². The van der Waals surface area contributed by atoms with Gasteiger partial charge < -0.3 is 14.9 Å². The maximum Gasteiger partial charge on any atom is 0.226 e. The number of aromatic nitrogens is 5. The van der Waals surface area contributed by atoms with E-state index in [2.05, 4.69) is 25.8 Å². The van der Waals surface area contributed by atoms with Crippen LogP contribution < -0.4 is 5.32 Å². The molecule has 2 N–H and O–H groups in total. The van der Waals surface area contributed by atoms with Crippen molar-refractivity contribution in [3.8, 4) is 5.69 Å². The second-order valence-corrected chi connectivity index (χ2v) is 4.67. The lowest BCUT2D eigenvalue weighted by Gasteiger charge is -2.05. The molecular weight excluding hydrogens is 284 g/mol. The highest BCUT2D eigenvalue weighted by molar-refractivity contribution is 5.48. The summed E-state index contributed by atoms with van der Waals surface area (Å²) in [6.45, 7) is 2.35. The summed E-state index contributed by atoms with van der Waals surface area (Å²) in [5.41, 5.74) is 2.34. The summed E-state index contributed by atoms with van der Waals surface area (Å²) in [5.74, 6) is 1.27. The summed E-state index contributed by atoms with van der Waals surface area (Å²) >= 11 is 0. The molecule has 8 nitrogen and oxygen atoms in total. The Bertz CT molecular complexity index is 734. The number of nitrogens with zero attached hydrogens (tertiary/aromatic N) is 5. The van der Waals surface area contributed by atoms with Gasteiger partial charge in [-0.2, -0.15) is 4.98 Å². The predicted molar refractivity (Wildman–Crippen MR) is 78.3 cm³/mol. The number of rotatable bonds is 6. The van der Waals surface area contributed by atoms with Crippen LogP contribution in [0.15, 0.2) is 35.0 Å². The monoisotopic (exact) mass is 300 g/mol. The van der Waals surface area contributed by atoms with Crippen LogP contribution in [0.2, 0.25) is 0 Å². The van der Waals surface area contributed by atoms with Gasteiger partial charge in [-0.15, -0.1) is 5.10 Å². The number of anilines is 1. The van der Waals surface area contributed by atoms with E-state index in [1.807, 2.05) is 31.2 Å². The van der Waals surface area contributed by atoms with Gasteiger partial charge in [-0.1, -0.05) is 17.3 Å². The average Bonchev–Trinajstić information content (AvgIpc) is 3.22. The molecule has 2 aromatic heterocycles. The molecule has 0 saturated carbocycles. The summed E-state index contributed by atoms with van der Waals surface area (Å²) in [7, 11) is 0. The van der Waals surface area contributed by atoms with E-state index in [9.17, 15) is 0 Å². The van der Waals surface area contributed by atoms with Crippen molar-refractivity contribution in [3.05, 3.63) is 47.9 Å². The van der Waals surface area contributed by atoms with Gasteiger partial charge >= 0.3 is 0 Å². The SMILES string of the molecule is CCc1nc(CNc2ccc(-n3cc(CO)nn3)cc2)no1. The second kappa shape index (κ2) is 6.35. The molecule has 0 radical (unpaired) electrons. The molecule has 8 heteroatoms. The van der Waals surface area contributed by atoms with Crippen LogP contribution in [-0.4, -0.2) is 30.2 Å². The van der Waals surface area contributed by atoms with Crippen molar-refractivity contribution in [1.82, 2.24) is 25.1 Å². The van der Waals surface area contributed by atoms with Crippen LogP contribution in [0.1, 0.15) is 24.3 Å². The molecule has 0 unspecified atom stereocenters. The number of aryl methyl sites for hydroxylation is 1. The van der Waals surface area contributed by atoms with Crippen LogP contribution in [0, 0.1) is 0 Å². The zero-order chi connectivity index (χ0) is 15.4. The van der Waals surface area contributed by atoms with E-state index in [1.165, 1.54) is 0 Å². The number of hydrogen-bond donors (Lipinski definition) is 2. The van der Waals surface area contributed by atoms with E-state index in [4.69, 9.17) is 9.63 Å². The van der Waals surface area contributed by atoms with E-state index in [-0.39, 0.29) is 6.61 Å². The Morgan fingerprint density at radius 2 is 2.09 bits per heavy atom. The number of aliphatic hydroxyl groups is 1. The quantitative estimate of drug-likeness (QED) is 0.707. The minimum atomic E-state index is -0.121. The molecule has 0 fully saturated rings. The van der Waals surface area contributed by atoms with E-state index in [0.29, 0.717) is 24.0 Å². The Hall–Kier alpha value is -2.74. The maximum absolute atomic E-state index is 8.99. The van der Waals surface area contributed by atoms with Gasteiger partial charge in [0.2, 0.25) is 5.89 Å². The number of aliphatic hydroxyl groups excluding tert-OH is 1. The maximum atomic E-state index is 8.99. The Kier molecular flexibility index (Phi) is 4.10. The lowest BCUT2D eigenvalue weighted by molar-refractivity contribution is 0.276. The highest BCUT2D eigenvalue weighted by Gasteiger charge is 2.05. The molecule has 0 aliphatic heterocycles. The zero-order valence-corrected chi connectivity index (χ0v) is 12.1. The number of benzene rings is 1. The largest absolute Gasteiger partial charge is 0.390 e. The average molecular weight is 300 g/mol. The Morgan fingerprint density at radius 1 is 1.27 bits per heavy atom. The van der Waals surface area contributed by atoms with Gasteiger partial charge in [-0.05, 0) is 24.3 Å². The summed E-state index contributed by atoms with van der Waals surface area (Å²) in [6.07, 6.45) is 2.42. The van der Waals surface area contributed by atoms with Crippen LogP contribution in [0.3, 0.4) is 0 Å². The molecule has 0 saturated heterocycles. The first-order chi connectivity index (χ1) is 10.8. The molecular formula is C14H16N6O2. The molecule has 0 amide bonds. The molecule has 0 spiro atoms. The second-order valence-electron chi connectivity index (χ2n) is 4.67. The van der Waals surface area contributed by atoms with Crippen LogP contribution in [0.5, 0.6) is 0 Å². The highest BCUT2D eigenvalue weighted by Crippen LogP contribution is 2.13. The summed E-state index contributed by atoms with van der Waals surface area (Å²) in [5, 5.41) is 23.9. The summed E-state index contributed by atoms with van der Waals surface area (Å²) in [6, 6.07) is 7.67. The van der Waals surface area contributed by atoms with E-state index >= 15 is 0 Å². The van der Waals surface area contributed by atoms with Crippen LogP contribution >= 0.6 is 0 Å². The first-order valence-corrected chi connectivity index (χ1v) is 6.96. The van der Waals surface area contributed by atoms with Crippen molar-refractivity contribution >= 4 is 5.69 Å². The first kappa shape index (κ1) is 14.2. The number of hydrogen-bond acceptors (Lipinski definition) is 7. The predicted octanol–water partition coefficient (Wildman–Crippen LogP) is 1.32. The fraction of sp³-hybridized carbons (Fsp3) is 0.286. The molecule has 0 aliphatic rings. The van der Waals surface area contributed by atoms with E-state index in [1.54, 1.807) is 10.9 Å². The van der Waals surface area contributed by atoms with Crippen molar-refractivity contribution in [2.24, 2.45) is 0 Å². The van der Waals surface area contributed by atoms with Crippen molar-refractivity contribution in [2.75, 3.05) is 5.32 Å². The molecule has 0 atom stereocenters. The molecule has 0 bridgehead atoms. The standard InChI is InChI=1S/C14H16N6O2/c1-2-14-16-13(18-22-14)7-15-10-3-5-12(6-4-10)20-8-11(9-21)17-19-20/h3-6,8,15,21H,2,7,9H2,1H3. The topological polar surface area (TPSA) is 102 Å². The normalized spacial score (nSPS) is 10.8. The third-order valence-corrected chi connectivity index (χ3v) is 3.10. The highest BCUT2D eigenvalue weighted by atomic mass is 16.5. The smallest absolute Gasteiger partial charge is 0.226 e. The van der Waals surface area contributed by atoms with Gasteiger partial charge in [0.15, 0.2) is 5.82 Å².